The summed E-state index contributed by atoms with van der Waals surface area (Å²) in [5.41, 5.74) is 0.692. The Bertz CT molecular complexity index is 635. The van der Waals surface area contributed by atoms with E-state index in [1.165, 1.54) is 0 Å². The molecule has 120 valence electrons. The van der Waals surface area contributed by atoms with Crippen molar-refractivity contribution in [3.05, 3.63) is 54.4 Å². The summed E-state index contributed by atoms with van der Waals surface area (Å²) in [6.07, 6.45) is 5.24. The third kappa shape index (κ3) is 3.80. The SMILES string of the molecule is COc1ccc(C(=O)N2CCC(Oc3cccnc3)CC2)cc1. The fourth-order valence-corrected chi connectivity index (χ4v) is 2.70. The van der Waals surface area contributed by atoms with Gasteiger partial charge < -0.3 is 14.4 Å². The Hall–Kier alpha value is -2.56. The second-order valence-electron chi connectivity index (χ2n) is 5.53. The summed E-state index contributed by atoms with van der Waals surface area (Å²) < 4.78 is 11.0. The first-order chi connectivity index (χ1) is 11.3. The molecule has 1 aliphatic rings. The Balaban J connectivity index is 1.54. The highest BCUT2D eigenvalue weighted by Gasteiger charge is 2.24. The second kappa shape index (κ2) is 7.13. The lowest BCUT2D eigenvalue weighted by Crippen LogP contribution is -2.41. The molecule has 0 saturated carbocycles. The van der Waals surface area contributed by atoms with Crippen molar-refractivity contribution in [2.24, 2.45) is 0 Å². The average Bonchev–Trinajstić information content (AvgIpc) is 2.63. The van der Waals surface area contributed by atoms with Crippen LogP contribution >= 0.6 is 0 Å². The lowest BCUT2D eigenvalue weighted by atomic mass is 10.1. The van der Waals surface area contributed by atoms with E-state index >= 15 is 0 Å². The topological polar surface area (TPSA) is 51.7 Å². The minimum atomic E-state index is 0.0625. The van der Waals surface area contributed by atoms with Gasteiger partial charge in [0.1, 0.15) is 17.6 Å². The van der Waals surface area contributed by atoms with E-state index in [0.29, 0.717) is 18.7 Å². The summed E-state index contributed by atoms with van der Waals surface area (Å²) in [4.78, 5) is 18.4. The van der Waals surface area contributed by atoms with Crippen molar-refractivity contribution in [1.29, 1.82) is 0 Å². The summed E-state index contributed by atoms with van der Waals surface area (Å²) in [5.74, 6) is 1.60. The van der Waals surface area contributed by atoms with E-state index in [0.717, 1.165) is 24.3 Å². The fourth-order valence-electron chi connectivity index (χ4n) is 2.70. The van der Waals surface area contributed by atoms with Crippen LogP contribution in [0.15, 0.2) is 48.8 Å². The Morgan fingerprint density at radius 1 is 1.13 bits per heavy atom. The molecule has 1 aromatic carbocycles. The minimum Gasteiger partial charge on any atom is -0.497 e. The highest BCUT2D eigenvalue weighted by Crippen LogP contribution is 2.20. The molecule has 2 aromatic rings. The maximum Gasteiger partial charge on any atom is 0.253 e. The molecule has 0 bridgehead atoms. The number of benzene rings is 1. The molecule has 1 saturated heterocycles. The third-order valence-electron chi connectivity index (χ3n) is 4.00. The van der Waals surface area contributed by atoms with Crippen LogP contribution in [-0.2, 0) is 0 Å². The van der Waals surface area contributed by atoms with Gasteiger partial charge in [0, 0.05) is 37.7 Å². The number of rotatable bonds is 4. The van der Waals surface area contributed by atoms with Crippen molar-refractivity contribution in [2.75, 3.05) is 20.2 Å². The Labute approximate surface area is 135 Å². The van der Waals surface area contributed by atoms with E-state index in [1.807, 2.05) is 29.2 Å². The quantitative estimate of drug-likeness (QED) is 0.871. The zero-order valence-electron chi connectivity index (χ0n) is 13.1. The van der Waals surface area contributed by atoms with E-state index in [4.69, 9.17) is 9.47 Å². The van der Waals surface area contributed by atoms with E-state index in [1.54, 1.807) is 31.6 Å². The summed E-state index contributed by atoms with van der Waals surface area (Å²) in [7, 11) is 1.61. The predicted molar refractivity (Wildman–Crippen MR) is 86.8 cm³/mol. The summed E-state index contributed by atoms with van der Waals surface area (Å²) >= 11 is 0. The van der Waals surface area contributed by atoms with E-state index < -0.39 is 0 Å². The second-order valence-corrected chi connectivity index (χ2v) is 5.53. The largest absolute Gasteiger partial charge is 0.497 e. The number of pyridine rings is 1. The van der Waals surface area contributed by atoms with E-state index in [9.17, 15) is 4.79 Å². The highest BCUT2D eigenvalue weighted by atomic mass is 16.5. The van der Waals surface area contributed by atoms with Gasteiger partial charge in [0.25, 0.3) is 5.91 Å². The normalized spacial score (nSPS) is 15.3. The molecule has 1 aromatic heterocycles. The number of carbonyl (C=O) groups excluding carboxylic acids is 1. The Morgan fingerprint density at radius 2 is 1.87 bits per heavy atom. The van der Waals surface area contributed by atoms with Gasteiger partial charge in [-0.25, -0.2) is 0 Å². The molecule has 2 heterocycles. The molecule has 5 heteroatoms. The van der Waals surface area contributed by atoms with Crippen molar-refractivity contribution in [3.8, 4) is 11.5 Å². The van der Waals surface area contributed by atoms with Crippen LogP contribution in [0.4, 0.5) is 0 Å². The third-order valence-corrected chi connectivity index (χ3v) is 4.00. The molecular weight excluding hydrogens is 292 g/mol. The molecule has 0 radical (unpaired) electrons. The zero-order chi connectivity index (χ0) is 16.1. The number of likely N-dealkylation sites (tertiary alicyclic amines) is 1. The van der Waals surface area contributed by atoms with Crippen molar-refractivity contribution < 1.29 is 14.3 Å². The lowest BCUT2D eigenvalue weighted by molar-refractivity contribution is 0.0595. The van der Waals surface area contributed by atoms with Crippen LogP contribution in [-0.4, -0.2) is 42.1 Å². The Morgan fingerprint density at radius 3 is 2.48 bits per heavy atom. The maximum atomic E-state index is 12.5. The number of aromatic nitrogens is 1. The van der Waals surface area contributed by atoms with Gasteiger partial charge in [0.15, 0.2) is 0 Å². The van der Waals surface area contributed by atoms with E-state index in [2.05, 4.69) is 4.98 Å². The lowest BCUT2D eigenvalue weighted by Gasteiger charge is -2.32. The maximum absolute atomic E-state index is 12.5. The van der Waals surface area contributed by atoms with Gasteiger partial charge in [0.05, 0.1) is 13.3 Å². The molecule has 3 rings (SSSR count). The molecule has 0 N–H and O–H groups in total. The summed E-state index contributed by atoms with van der Waals surface area (Å²) in [5, 5.41) is 0. The van der Waals surface area contributed by atoms with E-state index in [-0.39, 0.29) is 12.0 Å². The highest BCUT2D eigenvalue weighted by molar-refractivity contribution is 5.94. The van der Waals surface area contributed by atoms with Crippen LogP contribution in [0, 0.1) is 0 Å². The monoisotopic (exact) mass is 312 g/mol. The van der Waals surface area contributed by atoms with Gasteiger partial charge in [0.2, 0.25) is 0 Å². The zero-order valence-corrected chi connectivity index (χ0v) is 13.1. The van der Waals surface area contributed by atoms with Gasteiger partial charge in [-0.1, -0.05) is 0 Å². The van der Waals surface area contributed by atoms with Gasteiger partial charge in [-0.3, -0.25) is 9.78 Å². The number of carbonyl (C=O) groups is 1. The molecule has 0 atom stereocenters. The van der Waals surface area contributed by atoms with Crippen LogP contribution < -0.4 is 9.47 Å². The first kappa shape index (κ1) is 15.3. The number of hydrogen-bond donors (Lipinski definition) is 0. The van der Waals surface area contributed by atoms with Crippen LogP contribution in [0.25, 0.3) is 0 Å². The predicted octanol–water partition coefficient (Wildman–Crippen LogP) is 2.77. The summed E-state index contributed by atoms with van der Waals surface area (Å²) in [6.45, 7) is 1.41. The number of nitrogens with zero attached hydrogens (tertiary/aromatic N) is 2. The van der Waals surface area contributed by atoms with Gasteiger partial charge in [-0.05, 0) is 36.4 Å². The average molecular weight is 312 g/mol. The van der Waals surface area contributed by atoms with Gasteiger partial charge in [-0.15, -0.1) is 0 Å². The number of methoxy groups -OCH3 is 1. The van der Waals surface area contributed by atoms with Crippen molar-refractivity contribution >= 4 is 5.91 Å². The molecule has 1 fully saturated rings. The molecule has 0 spiro atoms. The molecule has 23 heavy (non-hydrogen) atoms. The first-order valence-corrected chi connectivity index (χ1v) is 7.76. The standard InChI is InChI=1S/C18H20N2O3/c1-22-15-6-4-14(5-7-15)18(21)20-11-8-16(9-12-20)23-17-3-2-10-19-13-17/h2-7,10,13,16H,8-9,11-12H2,1H3. The number of ether oxygens (including phenoxy) is 2. The van der Waals surface area contributed by atoms with Crippen LogP contribution in [0.2, 0.25) is 0 Å². The van der Waals surface area contributed by atoms with Crippen molar-refractivity contribution in [2.45, 2.75) is 18.9 Å². The van der Waals surface area contributed by atoms with Gasteiger partial charge >= 0.3 is 0 Å². The number of amides is 1. The molecule has 0 aliphatic carbocycles. The molecule has 5 nitrogen and oxygen atoms in total. The first-order valence-electron chi connectivity index (χ1n) is 7.76. The van der Waals surface area contributed by atoms with Crippen LogP contribution in [0.3, 0.4) is 0 Å². The van der Waals surface area contributed by atoms with Gasteiger partial charge in [-0.2, -0.15) is 0 Å². The van der Waals surface area contributed by atoms with Crippen molar-refractivity contribution in [1.82, 2.24) is 9.88 Å². The smallest absolute Gasteiger partial charge is 0.253 e. The Kier molecular flexibility index (Phi) is 4.76. The summed E-state index contributed by atoms with van der Waals surface area (Å²) in [6, 6.07) is 11.0. The molecule has 1 aliphatic heterocycles. The van der Waals surface area contributed by atoms with Crippen LogP contribution in [0.1, 0.15) is 23.2 Å². The molecular formula is C18H20N2O3. The van der Waals surface area contributed by atoms with Crippen LogP contribution in [0.5, 0.6) is 11.5 Å². The molecule has 1 amide bonds. The minimum absolute atomic E-state index is 0.0625. The number of hydrogen-bond acceptors (Lipinski definition) is 4. The van der Waals surface area contributed by atoms with Crippen molar-refractivity contribution in [3.63, 3.8) is 0 Å². The fraction of sp³-hybridized carbons (Fsp3) is 0.333. The number of piperidine rings is 1. The molecule has 0 unspecified atom stereocenters.